The van der Waals surface area contributed by atoms with Gasteiger partial charge >= 0.3 is 5.97 Å². The molecule has 7 rings (SSSR count). The van der Waals surface area contributed by atoms with E-state index in [-0.39, 0.29) is 11.5 Å². The van der Waals surface area contributed by atoms with Crippen LogP contribution < -0.4 is 19.5 Å². The first-order valence-electron chi connectivity index (χ1n) is 18.5. The van der Waals surface area contributed by atoms with E-state index in [2.05, 4.69) is 55.3 Å². The van der Waals surface area contributed by atoms with Crippen LogP contribution in [0.25, 0.3) is 0 Å². The minimum atomic E-state index is -1.07. The highest BCUT2D eigenvalue weighted by atomic mass is 35.5. The number of rotatable bonds is 10. The molecule has 3 aromatic rings. The molecule has 3 aliphatic carbocycles. The van der Waals surface area contributed by atoms with Gasteiger partial charge in [-0.2, -0.15) is 0 Å². The number of halogens is 1. The second-order valence-electron chi connectivity index (χ2n) is 15.8. The van der Waals surface area contributed by atoms with Gasteiger partial charge in [-0.25, -0.2) is 4.79 Å². The number of ether oxygens (including phenoxy) is 3. The van der Waals surface area contributed by atoms with E-state index in [9.17, 15) is 9.90 Å². The first-order valence-corrected chi connectivity index (χ1v) is 18.9. The summed E-state index contributed by atoms with van der Waals surface area (Å²) in [7, 11) is 4.14. The summed E-state index contributed by atoms with van der Waals surface area (Å²) in [4.78, 5) is 19.9. The lowest BCUT2D eigenvalue weighted by Gasteiger charge is -2.47. The Morgan fingerprint density at radius 2 is 1.96 bits per heavy atom. The smallest absolute Gasteiger partial charge is 0.329 e. The molecule has 4 atom stereocenters. The molecule has 1 saturated carbocycles. The highest BCUT2D eigenvalue weighted by Crippen LogP contribution is 2.58. The summed E-state index contributed by atoms with van der Waals surface area (Å²) in [6, 6.07) is 13.9. The maximum absolute atomic E-state index is 13.0. The van der Waals surface area contributed by atoms with Crippen LogP contribution in [0.2, 0.25) is 5.02 Å². The Labute approximate surface area is 301 Å². The Balaban J connectivity index is 1.16. The maximum atomic E-state index is 13.0. The topological polar surface area (TPSA) is 93.2 Å². The van der Waals surface area contributed by atoms with Gasteiger partial charge in [0, 0.05) is 41.1 Å². The summed E-state index contributed by atoms with van der Waals surface area (Å²) in [5.74, 6) is 2.91. The van der Waals surface area contributed by atoms with Crippen molar-refractivity contribution in [3.05, 3.63) is 76.1 Å². The minimum absolute atomic E-state index is 0.0455. The van der Waals surface area contributed by atoms with E-state index in [0.29, 0.717) is 48.8 Å². The number of aliphatic carboxylic acids is 1. The molecular formula is C41H52ClN3O5. The lowest BCUT2D eigenvalue weighted by Crippen LogP contribution is -2.53. The van der Waals surface area contributed by atoms with Crippen molar-refractivity contribution in [3.8, 4) is 17.2 Å². The number of benzene rings is 2. The van der Waals surface area contributed by atoms with Gasteiger partial charge in [-0.15, -0.1) is 0 Å². The molecular weight excluding hydrogens is 650 g/mol. The summed E-state index contributed by atoms with van der Waals surface area (Å²) in [5, 5.41) is 14.7. The normalized spacial score (nSPS) is 27.7. The lowest BCUT2D eigenvalue weighted by molar-refractivity contribution is -0.144. The molecule has 4 aliphatic rings. The predicted octanol–water partition coefficient (Wildman–Crippen LogP) is 8.29. The van der Waals surface area contributed by atoms with Gasteiger partial charge in [0.05, 0.1) is 13.2 Å². The quantitative estimate of drug-likeness (QED) is 0.218. The summed E-state index contributed by atoms with van der Waals surface area (Å²) in [5.41, 5.74) is 4.57. The molecule has 2 N–H and O–H groups in total. The average Bonchev–Trinajstić information content (AvgIpc) is 3.20. The molecule has 0 saturated heterocycles. The van der Waals surface area contributed by atoms with Gasteiger partial charge in [0.15, 0.2) is 11.5 Å². The molecule has 9 heteroatoms. The van der Waals surface area contributed by atoms with E-state index in [1.165, 1.54) is 35.2 Å². The van der Waals surface area contributed by atoms with Gasteiger partial charge in [0.1, 0.15) is 17.4 Å². The van der Waals surface area contributed by atoms with Crippen molar-refractivity contribution in [3.63, 3.8) is 0 Å². The minimum Gasteiger partial charge on any atom is -0.493 e. The fourth-order valence-corrected chi connectivity index (χ4v) is 9.58. The third-order valence-corrected chi connectivity index (χ3v) is 12.1. The summed E-state index contributed by atoms with van der Waals surface area (Å²) < 4.78 is 19.5. The number of anilines is 1. The van der Waals surface area contributed by atoms with Crippen molar-refractivity contribution in [1.29, 1.82) is 0 Å². The van der Waals surface area contributed by atoms with Crippen LogP contribution in [0.4, 0.5) is 5.69 Å². The number of hydrogen-bond donors (Lipinski definition) is 2. The second-order valence-corrected chi connectivity index (χ2v) is 16.2. The number of carboxylic acids is 1. The van der Waals surface area contributed by atoms with Crippen LogP contribution in [0, 0.1) is 11.8 Å². The number of nitrogens with one attached hydrogen (secondary N) is 1. The zero-order valence-electron chi connectivity index (χ0n) is 30.0. The van der Waals surface area contributed by atoms with E-state index in [4.69, 9.17) is 25.8 Å². The van der Waals surface area contributed by atoms with E-state index < -0.39 is 11.5 Å². The number of aryl methyl sites for hydroxylation is 1. The third kappa shape index (κ3) is 6.90. The SMILES string of the molecule is C[C@@H](COc1ccnc2c1[C@H](C)CCC2)C[C@H]1Cc2cc3c(cc2C12CCC(Nc1cccc(Cl)c1)(C(=O)O)CC2)O[C@H](CN(C)C)CCO3. The predicted molar refractivity (Wildman–Crippen MR) is 197 cm³/mol. The van der Waals surface area contributed by atoms with Gasteiger partial charge in [-0.1, -0.05) is 31.5 Å². The average molecular weight is 702 g/mol. The molecule has 1 aromatic heterocycles. The molecule has 1 spiro atoms. The molecule has 8 nitrogen and oxygen atoms in total. The molecule has 50 heavy (non-hydrogen) atoms. The Hall–Kier alpha value is -3.49. The Kier molecular flexibility index (Phi) is 9.97. The Morgan fingerprint density at radius 1 is 1.14 bits per heavy atom. The zero-order valence-corrected chi connectivity index (χ0v) is 30.7. The molecule has 2 aromatic carbocycles. The van der Waals surface area contributed by atoms with Gasteiger partial charge in [-0.05, 0) is 143 Å². The number of fused-ring (bicyclic) bond motifs is 4. The van der Waals surface area contributed by atoms with Gasteiger partial charge < -0.3 is 29.5 Å². The first kappa shape index (κ1) is 34.9. The number of hydrogen-bond acceptors (Lipinski definition) is 7. The van der Waals surface area contributed by atoms with Gasteiger partial charge in [-0.3, -0.25) is 4.98 Å². The number of nitrogens with zero attached hydrogens (tertiary/aromatic N) is 2. The molecule has 0 amide bonds. The fourth-order valence-electron chi connectivity index (χ4n) is 9.39. The highest BCUT2D eigenvalue weighted by Gasteiger charge is 2.54. The van der Waals surface area contributed by atoms with Crippen LogP contribution in [0.3, 0.4) is 0 Å². The van der Waals surface area contributed by atoms with Gasteiger partial charge in [0.25, 0.3) is 0 Å². The first-order chi connectivity index (χ1) is 24.0. The summed E-state index contributed by atoms with van der Waals surface area (Å²) in [6.45, 7) is 6.67. The standard InChI is InChI=1S/C41H52ClN3O5/c1-26(25-49-35-11-17-43-34-10-5-7-27(2)38(34)35)19-29-20-28-21-36-37(50-32(12-18-48-36)24-45(3)4)23-33(28)40(29)13-15-41(16-14-40,39(46)47)44-31-9-6-8-30(42)22-31/h6,8-9,11,17,21-23,26-27,29,32,44H,5,7,10,12-16,18-20,24-25H2,1-4H3,(H,46,47)/t26-,27-,29+,32+,40?,41?/m1/s1. The number of carbonyl (C=O) groups is 1. The van der Waals surface area contributed by atoms with Crippen molar-refractivity contribution in [1.82, 2.24) is 9.88 Å². The second kappa shape index (κ2) is 14.3. The van der Waals surface area contributed by atoms with Crippen LogP contribution in [0.15, 0.2) is 48.7 Å². The van der Waals surface area contributed by atoms with Crippen molar-refractivity contribution >= 4 is 23.3 Å². The van der Waals surface area contributed by atoms with Crippen LogP contribution >= 0.6 is 11.6 Å². The molecule has 0 radical (unpaired) electrons. The monoisotopic (exact) mass is 701 g/mol. The molecule has 1 fully saturated rings. The molecule has 2 heterocycles. The zero-order chi connectivity index (χ0) is 35.0. The van der Waals surface area contributed by atoms with Crippen molar-refractivity contribution < 1.29 is 24.1 Å². The van der Waals surface area contributed by atoms with Crippen LogP contribution in [-0.2, 0) is 23.1 Å². The number of aromatic nitrogens is 1. The van der Waals surface area contributed by atoms with E-state index >= 15 is 0 Å². The number of likely N-dealkylation sites (N-methyl/N-ethyl adjacent to an activating group) is 1. The fraction of sp³-hybridized carbons (Fsp3) is 0.561. The van der Waals surface area contributed by atoms with Gasteiger partial charge in [0.2, 0.25) is 0 Å². The largest absolute Gasteiger partial charge is 0.493 e. The number of carboxylic acid groups (broad SMARTS) is 1. The molecule has 0 unspecified atom stereocenters. The maximum Gasteiger partial charge on any atom is 0.329 e. The van der Waals surface area contributed by atoms with Crippen LogP contribution in [0.1, 0.15) is 93.5 Å². The van der Waals surface area contributed by atoms with E-state index in [1.54, 1.807) is 0 Å². The van der Waals surface area contributed by atoms with Crippen LogP contribution in [-0.4, -0.2) is 66.5 Å². The van der Waals surface area contributed by atoms with E-state index in [1.807, 2.05) is 36.5 Å². The van der Waals surface area contributed by atoms with Crippen molar-refractivity contribution in [2.45, 2.75) is 101 Å². The molecule has 0 bridgehead atoms. The summed E-state index contributed by atoms with van der Waals surface area (Å²) in [6.07, 6.45) is 10.6. The summed E-state index contributed by atoms with van der Waals surface area (Å²) >= 11 is 6.30. The highest BCUT2D eigenvalue weighted by molar-refractivity contribution is 6.30. The van der Waals surface area contributed by atoms with Crippen molar-refractivity contribution in [2.24, 2.45) is 11.8 Å². The number of pyridine rings is 1. The Morgan fingerprint density at radius 3 is 2.72 bits per heavy atom. The molecule has 1 aliphatic heterocycles. The van der Waals surface area contributed by atoms with Crippen molar-refractivity contribution in [2.75, 3.05) is 39.2 Å². The lowest BCUT2D eigenvalue weighted by atomic mass is 9.59. The Bertz CT molecular complexity index is 1700. The van der Waals surface area contributed by atoms with Crippen LogP contribution in [0.5, 0.6) is 17.2 Å². The third-order valence-electron chi connectivity index (χ3n) is 11.9. The van der Waals surface area contributed by atoms with E-state index in [0.717, 1.165) is 68.0 Å². The molecule has 268 valence electrons.